The van der Waals surface area contributed by atoms with Crippen molar-refractivity contribution in [3.05, 3.63) is 160 Å². The lowest BCUT2D eigenvalue weighted by molar-refractivity contribution is 0.290. The molecular weight excluding hydrogens is 524 g/mol. The second-order valence-electron chi connectivity index (χ2n) is 10.0. The Morgan fingerprint density at radius 3 is 1.64 bits per heavy atom. The Kier molecular flexibility index (Phi) is 8.00. The number of rotatable bonds is 10. The van der Waals surface area contributed by atoms with E-state index in [1.54, 1.807) is 6.07 Å². The first-order valence-electron chi connectivity index (χ1n) is 13.9. The van der Waals surface area contributed by atoms with Gasteiger partial charge in [0.15, 0.2) is 0 Å². The van der Waals surface area contributed by atoms with Crippen molar-refractivity contribution in [3.63, 3.8) is 0 Å². The van der Waals surface area contributed by atoms with E-state index >= 15 is 0 Å². The zero-order valence-corrected chi connectivity index (χ0v) is 23.3. The van der Waals surface area contributed by atoms with E-state index in [1.807, 2.05) is 128 Å². The highest BCUT2D eigenvalue weighted by molar-refractivity contribution is 5.88. The summed E-state index contributed by atoms with van der Waals surface area (Å²) in [5.41, 5.74) is 5.08. The van der Waals surface area contributed by atoms with Gasteiger partial charge in [-0.2, -0.15) is 0 Å². The smallest absolute Gasteiger partial charge is 0.344 e. The van der Waals surface area contributed by atoms with Crippen molar-refractivity contribution in [2.45, 2.75) is 26.7 Å². The lowest BCUT2D eigenvalue weighted by Crippen LogP contribution is -2.08. The zero-order chi connectivity index (χ0) is 28.7. The van der Waals surface area contributed by atoms with E-state index in [4.69, 9.17) is 18.6 Å². The molecule has 1 heterocycles. The van der Waals surface area contributed by atoms with E-state index in [0.717, 1.165) is 27.6 Å². The van der Waals surface area contributed by atoms with Crippen LogP contribution in [0.15, 0.2) is 137 Å². The number of hydrogen-bond donors (Lipinski definition) is 0. The molecule has 0 bridgehead atoms. The quantitative estimate of drug-likeness (QED) is 0.159. The predicted octanol–water partition coefficient (Wildman–Crippen LogP) is 8.51. The van der Waals surface area contributed by atoms with Gasteiger partial charge in [-0.15, -0.1) is 0 Å². The number of benzene rings is 5. The van der Waals surface area contributed by atoms with Crippen molar-refractivity contribution in [2.75, 3.05) is 0 Å². The largest absolute Gasteiger partial charge is 0.489 e. The average Bonchev–Trinajstić information content (AvgIpc) is 3.04. The Labute approximate surface area is 244 Å². The fraction of sp³-hybridized carbons (Fsp3) is 0.108. The topological polar surface area (TPSA) is 57.9 Å². The first-order valence-corrected chi connectivity index (χ1v) is 13.9. The van der Waals surface area contributed by atoms with Crippen molar-refractivity contribution in [1.29, 1.82) is 0 Å². The Bertz CT molecular complexity index is 1850. The van der Waals surface area contributed by atoms with Crippen LogP contribution in [0.3, 0.4) is 0 Å². The van der Waals surface area contributed by atoms with Crippen molar-refractivity contribution >= 4 is 11.0 Å². The molecule has 0 aliphatic heterocycles. The third-order valence-electron chi connectivity index (χ3n) is 7.10. The minimum Gasteiger partial charge on any atom is -0.489 e. The second kappa shape index (κ2) is 12.5. The summed E-state index contributed by atoms with van der Waals surface area (Å²) in [6, 6.07) is 41.0. The van der Waals surface area contributed by atoms with Crippen LogP contribution in [-0.4, -0.2) is 0 Å². The van der Waals surface area contributed by atoms with Crippen LogP contribution in [0.5, 0.6) is 17.2 Å². The van der Waals surface area contributed by atoms with E-state index in [9.17, 15) is 4.79 Å². The molecule has 0 unspecified atom stereocenters. The Balaban J connectivity index is 1.32. The summed E-state index contributed by atoms with van der Waals surface area (Å²) in [4.78, 5) is 13.5. The molecule has 0 saturated heterocycles. The summed E-state index contributed by atoms with van der Waals surface area (Å²) in [6.45, 7) is 3.12. The number of hydrogen-bond acceptors (Lipinski definition) is 5. The molecule has 5 heteroatoms. The molecule has 0 atom stereocenters. The molecule has 0 amide bonds. The van der Waals surface area contributed by atoms with Crippen molar-refractivity contribution in [3.8, 4) is 28.4 Å². The molecule has 1 aromatic heterocycles. The van der Waals surface area contributed by atoms with E-state index < -0.39 is 5.63 Å². The van der Waals surface area contributed by atoms with Gasteiger partial charge < -0.3 is 18.6 Å². The molecule has 0 aliphatic rings. The SMILES string of the molecule is Cc1c(-c2ccc(OCc3ccccc3)cc2OCc2ccccc2)c(=O)oc2cc(OCc3ccccc3)ccc12. The summed E-state index contributed by atoms with van der Waals surface area (Å²) in [7, 11) is 0. The molecule has 0 radical (unpaired) electrons. The lowest BCUT2D eigenvalue weighted by Gasteiger charge is -2.16. The standard InChI is InChI=1S/C37H30O5/c1-26-32-19-17-31(40-24-28-13-7-3-8-14-28)22-35(32)42-37(38)36(26)33-20-18-30(39-23-27-11-5-2-6-12-27)21-34(33)41-25-29-15-9-4-10-16-29/h2-22H,23-25H2,1H3. The van der Waals surface area contributed by atoms with Gasteiger partial charge in [-0.05, 0) is 53.4 Å². The van der Waals surface area contributed by atoms with Crippen LogP contribution in [0.25, 0.3) is 22.1 Å². The maximum Gasteiger partial charge on any atom is 0.344 e. The summed E-state index contributed by atoms with van der Waals surface area (Å²) in [5, 5.41) is 0.829. The number of ether oxygens (including phenoxy) is 3. The predicted molar refractivity (Wildman–Crippen MR) is 165 cm³/mol. The van der Waals surface area contributed by atoms with Gasteiger partial charge in [0.1, 0.15) is 42.7 Å². The summed E-state index contributed by atoms with van der Waals surface area (Å²) in [6.07, 6.45) is 0. The Morgan fingerprint density at radius 1 is 0.571 bits per heavy atom. The van der Waals surface area contributed by atoms with Gasteiger partial charge in [0.05, 0.1) is 5.56 Å². The third kappa shape index (κ3) is 6.21. The highest BCUT2D eigenvalue weighted by atomic mass is 16.5. The molecular formula is C37H30O5. The van der Waals surface area contributed by atoms with Gasteiger partial charge in [0, 0.05) is 23.1 Å². The van der Waals surface area contributed by atoms with Crippen LogP contribution in [-0.2, 0) is 19.8 Å². The highest BCUT2D eigenvalue weighted by Gasteiger charge is 2.19. The van der Waals surface area contributed by atoms with E-state index in [-0.39, 0.29) is 0 Å². The highest BCUT2D eigenvalue weighted by Crippen LogP contribution is 2.37. The summed E-state index contributed by atoms with van der Waals surface area (Å²) < 4.78 is 24.2. The van der Waals surface area contributed by atoms with Crippen molar-refractivity contribution < 1.29 is 18.6 Å². The number of fused-ring (bicyclic) bond motifs is 1. The molecule has 0 fully saturated rings. The van der Waals surface area contributed by atoms with Gasteiger partial charge in [0.25, 0.3) is 0 Å². The van der Waals surface area contributed by atoms with E-state index in [0.29, 0.717) is 53.8 Å². The molecule has 6 rings (SSSR count). The van der Waals surface area contributed by atoms with Crippen LogP contribution in [0.1, 0.15) is 22.3 Å². The molecule has 5 aromatic carbocycles. The number of aryl methyl sites for hydroxylation is 1. The van der Waals surface area contributed by atoms with Gasteiger partial charge in [-0.25, -0.2) is 4.79 Å². The summed E-state index contributed by atoms with van der Waals surface area (Å²) in [5.74, 6) is 1.82. The normalized spacial score (nSPS) is 10.9. The maximum absolute atomic E-state index is 13.5. The van der Waals surface area contributed by atoms with E-state index in [1.165, 1.54) is 0 Å². The monoisotopic (exact) mass is 554 g/mol. The second-order valence-corrected chi connectivity index (χ2v) is 10.0. The molecule has 0 spiro atoms. The van der Waals surface area contributed by atoms with Gasteiger partial charge in [-0.3, -0.25) is 0 Å². The minimum absolute atomic E-state index is 0.343. The van der Waals surface area contributed by atoms with Gasteiger partial charge >= 0.3 is 5.63 Å². The first-order chi connectivity index (χ1) is 20.6. The summed E-state index contributed by atoms with van der Waals surface area (Å²) >= 11 is 0. The van der Waals surface area contributed by atoms with Crippen molar-refractivity contribution in [2.24, 2.45) is 0 Å². The maximum atomic E-state index is 13.5. The Hall–Kier alpha value is -5.29. The lowest BCUT2D eigenvalue weighted by atomic mass is 9.98. The van der Waals surface area contributed by atoms with Crippen LogP contribution >= 0.6 is 0 Å². The van der Waals surface area contributed by atoms with Crippen LogP contribution in [0.4, 0.5) is 0 Å². The third-order valence-corrected chi connectivity index (χ3v) is 7.10. The molecule has 6 aromatic rings. The molecule has 5 nitrogen and oxygen atoms in total. The molecule has 208 valence electrons. The van der Waals surface area contributed by atoms with Crippen LogP contribution < -0.4 is 19.8 Å². The first kappa shape index (κ1) is 26.9. The van der Waals surface area contributed by atoms with Crippen LogP contribution in [0.2, 0.25) is 0 Å². The zero-order valence-electron chi connectivity index (χ0n) is 23.3. The Morgan fingerprint density at radius 2 is 1.07 bits per heavy atom. The van der Waals surface area contributed by atoms with Crippen LogP contribution in [0, 0.1) is 6.92 Å². The average molecular weight is 555 g/mol. The molecule has 0 saturated carbocycles. The fourth-order valence-electron chi connectivity index (χ4n) is 4.87. The van der Waals surface area contributed by atoms with Gasteiger partial charge in [0.2, 0.25) is 0 Å². The minimum atomic E-state index is -0.442. The fourth-order valence-corrected chi connectivity index (χ4v) is 4.87. The molecule has 0 N–H and O–H groups in total. The van der Waals surface area contributed by atoms with Gasteiger partial charge in [-0.1, -0.05) is 91.0 Å². The molecule has 0 aliphatic carbocycles. The van der Waals surface area contributed by atoms with E-state index in [2.05, 4.69) is 0 Å². The molecule has 42 heavy (non-hydrogen) atoms. The van der Waals surface area contributed by atoms with Crippen molar-refractivity contribution in [1.82, 2.24) is 0 Å².